The zero-order valence-corrected chi connectivity index (χ0v) is 13.9. The van der Waals surface area contributed by atoms with E-state index in [2.05, 4.69) is 10.3 Å². The highest BCUT2D eigenvalue weighted by molar-refractivity contribution is 7.88. The van der Waals surface area contributed by atoms with Crippen LogP contribution in [0.3, 0.4) is 0 Å². The Morgan fingerprint density at radius 2 is 1.95 bits per heavy atom. The third-order valence-electron chi connectivity index (χ3n) is 3.73. The molecule has 0 spiro atoms. The first kappa shape index (κ1) is 16.7. The van der Waals surface area contributed by atoms with E-state index in [0.717, 1.165) is 5.82 Å². The number of nitrogens with one attached hydrogen (secondary N) is 1. The van der Waals surface area contributed by atoms with Crippen LogP contribution in [0.4, 0.5) is 5.82 Å². The molecule has 1 saturated heterocycles. The molecular weight excluding hydrogens is 304 g/mol. The lowest BCUT2D eigenvalue weighted by Crippen LogP contribution is -2.46. The van der Waals surface area contributed by atoms with Gasteiger partial charge in [0.2, 0.25) is 10.0 Å². The smallest absolute Gasteiger partial charge is 0.253 e. The van der Waals surface area contributed by atoms with Crippen LogP contribution in [-0.4, -0.2) is 63.1 Å². The van der Waals surface area contributed by atoms with E-state index < -0.39 is 10.0 Å². The normalized spacial score (nSPS) is 17.2. The molecule has 1 N–H and O–H groups in total. The lowest BCUT2D eigenvalue weighted by molar-refractivity contribution is 0.0923. The van der Waals surface area contributed by atoms with E-state index in [1.165, 1.54) is 10.6 Å². The first-order valence-corrected chi connectivity index (χ1v) is 9.01. The van der Waals surface area contributed by atoms with Crippen molar-refractivity contribution in [3.05, 3.63) is 23.9 Å². The summed E-state index contributed by atoms with van der Waals surface area (Å²) in [6, 6.07) is 3.53. The fourth-order valence-corrected chi connectivity index (χ4v) is 3.26. The van der Waals surface area contributed by atoms with Crippen molar-refractivity contribution in [1.82, 2.24) is 14.6 Å². The fraction of sp³-hybridized carbons (Fsp3) is 0.571. The highest BCUT2D eigenvalue weighted by Gasteiger charge is 2.25. The molecule has 1 aromatic rings. The van der Waals surface area contributed by atoms with Crippen LogP contribution in [0.1, 0.15) is 23.2 Å². The average molecular weight is 326 g/mol. The predicted octanol–water partition coefficient (Wildman–Crippen LogP) is 0.301. The van der Waals surface area contributed by atoms with Crippen LogP contribution in [0, 0.1) is 0 Å². The third kappa shape index (κ3) is 4.17. The molecule has 2 heterocycles. The number of anilines is 1. The molecule has 122 valence electrons. The Balaban J connectivity index is 1.90. The van der Waals surface area contributed by atoms with Crippen molar-refractivity contribution in [3.8, 4) is 0 Å². The Kier molecular flexibility index (Phi) is 5.02. The summed E-state index contributed by atoms with van der Waals surface area (Å²) in [6.45, 7) is 0.892. The molecule has 1 aromatic heterocycles. The molecule has 0 saturated carbocycles. The van der Waals surface area contributed by atoms with Crippen LogP contribution in [0.5, 0.6) is 0 Å². The van der Waals surface area contributed by atoms with Gasteiger partial charge in [0.15, 0.2) is 0 Å². The van der Waals surface area contributed by atoms with Gasteiger partial charge in [0.05, 0.1) is 11.8 Å². The Morgan fingerprint density at radius 1 is 1.32 bits per heavy atom. The number of piperidine rings is 1. The number of pyridine rings is 1. The highest BCUT2D eigenvalue weighted by atomic mass is 32.2. The maximum absolute atomic E-state index is 12.2. The van der Waals surface area contributed by atoms with Gasteiger partial charge in [-0.25, -0.2) is 17.7 Å². The molecule has 2 rings (SSSR count). The number of carbonyl (C=O) groups is 1. The maximum Gasteiger partial charge on any atom is 0.253 e. The molecule has 8 heteroatoms. The van der Waals surface area contributed by atoms with Crippen LogP contribution in [0.2, 0.25) is 0 Å². The molecule has 1 aliphatic heterocycles. The van der Waals surface area contributed by atoms with Crippen LogP contribution < -0.4 is 10.2 Å². The van der Waals surface area contributed by atoms with Crippen LogP contribution in [-0.2, 0) is 10.0 Å². The molecule has 1 amide bonds. The molecule has 22 heavy (non-hydrogen) atoms. The minimum absolute atomic E-state index is 0.000903. The Bertz CT molecular complexity index is 620. The highest BCUT2D eigenvalue weighted by Crippen LogP contribution is 2.14. The standard InChI is InChI=1S/C14H22N4O3S/c1-17(2)13-5-4-11(10-15-13)14(19)16-12-6-8-18(9-7-12)22(3,20)21/h4-5,10,12H,6-9H2,1-3H3,(H,16,19). The van der Waals surface area contributed by atoms with Crippen molar-refractivity contribution < 1.29 is 13.2 Å². The van der Waals surface area contributed by atoms with Crippen molar-refractivity contribution in [2.75, 3.05) is 38.3 Å². The van der Waals surface area contributed by atoms with Crippen molar-refractivity contribution in [3.63, 3.8) is 0 Å². The van der Waals surface area contributed by atoms with Crippen molar-refractivity contribution in [2.45, 2.75) is 18.9 Å². The SMILES string of the molecule is CN(C)c1ccc(C(=O)NC2CCN(S(C)(=O)=O)CC2)cn1. The van der Waals surface area contributed by atoms with Gasteiger partial charge in [-0.05, 0) is 25.0 Å². The second-order valence-electron chi connectivity index (χ2n) is 5.71. The van der Waals surface area contributed by atoms with Gasteiger partial charge in [-0.2, -0.15) is 0 Å². The molecule has 0 radical (unpaired) electrons. The summed E-state index contributed by atoms with van der Waals surface area (Å²) in [5, 5.41) is 2.94. The molecule has 0 unspecified atom stereocenters. The van der Waals surface area contributed by atoms with Crippen LogP contribution in [0.25, 0.3) is 0 Å². The first-order chi connectivity index (χ1) is 10.3. The van der Waals surface area contributed by atoms with Crippen molar-refractivity contribution in [1.29, 1.82) is 0 Å². The zero-order valence-electron chi connectivity index (χ0n) is 13.1. The average Bonchev–Trinajstić information content (AvgIpc) is 2.47. The van der Waals surface area contributed by atoms with E-state index >= 15 is 0 Å². The molecule has 0 bridgehead atoms. The molecule has 0 aliphatic carbocycles. The van der Waals surface area contributed by atoms with E-state index in [9.17, 15) is 13.2 Å². The summed E-state index contributed by atoms with van der Waals surface area (Å²) in [6.07, 6.45) is 4.02. The van der Waals surface area contributed by atoms with E-state index in [0.29, 0.717) is 31.5 Å². The topological polar surface area (TPSA) is 82.6 Å². The van der Waals surface area contributed by atoms with Gasteiger partial charge < -0.3 is 10.2 Å². The van der Waals surface area contributed by atoms with E-state index in [-0.39, 0.29) is 11.9 Å². The fourth-order valence-electron chi connectivity index (χ4n) is 2.39. The minimum Gasteiger partial charge on any atom is -0.363 e. The van der Waals surface area contributed by atoms with Gasteiger partial charge in [-0.3, -0.25) is 4.79 Å². The summed E-state index contributed by atoms with van der Waals surface area (Å²) in [4.78, 5) is 18.3. The van der Waals surface area contributed by atoms with E-state index in [1.54, 1.807) is 18.3 Å². The van der Waals surface area contributed by atoms with Crippen LogP contribution in [0.15, 0.2) is 18.3 Å². The summed E-state index contributed by atoms with van der Waals surface area (Å²) in [5.74, 6) is 0.619. The van der Waals surface area contributed by atoms with Crippen molar-refractivity contribution in [2.24, 2.45) is 0 Å². The predicted molar refractivity (Wildman–Crippen MR) is 85.5 cm³/mol. The summed E-state index contributed by atoms with van der Waals surface area (Å²) in [5.41, 5.74) is 0.510. The quantitative estimate of drug-likeness (QED) is 0.860. The molecular formula is C14H22N4O3S. The molecule has 1 aliphatic rings. The number of nitrogens with zero attached hydrogens (tertiary/aromatic N) is 3. The number of hydrogen-bond donors (Lipinski definition) is 1. The van der Waals surface area contributed by atoms with Gasteiger partial charge >= 0.3 is 0 Å². The maximum atomic E-state index is 12.2. The van der Waals surface area contributed by atoms with E-state index in [1.807, 2.05) is 19.0 Å². The summed E-state index contributed by atoms with van der Waals surface area (Å²) in [7, 11) is 0.636. The Hall–Kier alpha value is -1.67. The van der Waals surface area contributed by atoms with Gasteiger partial charge in [0.1, 0.15) is 5.82 Å². The van der Waals surface area contributed by atoms with Crippen LogP contribution >= 0.6 is 0 Å². The monoisotopic (exact) mass is 326 g/mol. The van der Waals surface area contributed by atoms with E-state index in [4.69, 9.17) is 0 Å². The molecule has 0 aromatic carbocycles. The molecule has 0 atom stereocenters. The summed E-state index contributed by atoms with van der Waals surface area (Å²) < 4.78 is 24.3. The molecule has 1 fully saturated rings. The number of carbonyl (C=O) groups excluding carboxylic acids is 1. The van der Waals surface area contributed by atoms with Gasteiger partial charge in [0.25, 0.3) is 5.91 Å². The number of hydrogen-bond acceptors (Lipinski definition) is 5. The Morgan fingerprint density at radius 3 is 2.41 bits per heavy atom. The number of rotatable bonds is 4. The second-order valence-corrected chi connectivity index (χ2v) is 7.69. The zero-order chi connectivity index (χ0) is 16.3. The summed E-state index contributed by atoms with van der Waals surface area (Å²) >= 11 is 0. The van der Waals surface area contributed by atoms with Gasteiger partial charge in [-0.15, -0.1) is 0 Å². The van der Waals surface area contributed by atoms with Crippen molar-refractivity contribution >= 4 is 21.7 Å². The van der Waals surface area contributed by atoms with Gasteiger partial charge in [0, 0.05) is 39.4 Å². The second kappa shape index (κ2) is 6.62. The lowest BCUT2D eigenvalue weighted by Gasteiger charge is -2.30. The number of amides is 1. The minimum atomic E-state index is -3.14. The number of aromatic nitrogens is 1. The molecule has 7 nitrogen and oxygen atoms in total. The van der Waals surface area contributed by atoms with Gasteiger partial charge in [-0.1, -0.05) is 0 Å². The first-order valence-electron chi connectivity index (χ1n) is 7.17. The largest absolute Gasteiger partial charge is 0.363 e. The third-order valence-corrected chi connectivity index (χ3v) is 5.03. The number of sulfonamides is 1. The lowest BCUT2D eigenvalue weighted by atomic mass is 10.1. The Labute approximate surface area is 131 Å².